The number of halogens is 2. The molecule has 3 nitrogen and oxygen atoms in total. The average molecular weight is 311 g/mol. The second-order valence-corrected chi connectivity index (χ2v) is 5.57. The van der Waals surface area contributed by atoms with Gasteiger partial charge in [-0.3, -0.25) is 4.79 Å². The van der Waals surface area contributed by atoms with Crippen molar-refractivity contribution in [2.24, 2.45) is 5.73 Å². The summed E-state index contributed by atoms with van der Waals surface area (Å²) in [5, 5.41) is 0.435. The first-order chi connectivity index (χ1) is 9.47. The molecule has 2 rings (SSSR count). The summed E-state index contributed by atoms with van der Waals surface area (Å²) in [7, 11) is 0. The molecule has 0 aliphatic rings. The SMILES string of the molecule is NC(=O)c1ccc(CSc2ccc(N)cc2F)c(Cl)c1. The number of benzene rings is 2. The van der Waals surface area contributed by atoms with Crippen molar-refractivity contribution in [3.05, 3.63) is 58.4 Å². The summed E-state index contributed by atoms with van der Waals surface area (Å²) in [4.78, 5) is 11.5. The van der Waals surface area contributed by atoms with Crippen LogP contribution in [-0.2, 0) is 5.75 Å². The fraction of sp³-hybridized carbons (Fsp3) is 0.0714. The molecule has 20 heavy (non-hydrogen) atoms. The summed E-state index contributed by atoms with van der Waals surface area (Å²) in [6.07, 6.45) is 0. The molecule has 0 aromatic heterocycles. The molecule has 0 aliphatic carbocycles. The number of hydrogen-bond acceptors (Lipinski definition) is 3. The number of carbonyl (C=O) groups excluding carboxylic acids is 1. The Bertz CT molecular complexity index is 664. The zero-order valence-electron chi connectivity index (χ0n) is 10.4. The molecule has 0 fully saturated rings. The maximum atomic E-state index is 13.6. The average Bonchev–Trinajstić information content (AvgIpc) is 2.38. The van der Waals surface area contributed by atoms with Gasteiger partial charge in [0.05, 0.1) is 0 Å². The van der Waals surface area contributed by atoms with Gasteiger partial charge in [-0.25, -0.2) is 4.39 Å². The Morgan fingerprint density at radius 1 is 1.25 bits per heavy atom. The molecule has 0 bridgehead atoms. The standard InChI is InChI=1S/C14H12ClFN2OS/c15-11-5-8(14(18)19)1-2-9(11)7-20-13-4-3-10(17)6-12(13)16/h1-6H,7,17H2,(H2,18,19). The third-order valence-corrected chi connectivity index (χ3v) is 4.13. The molecule has 0 spiro atoms. The van der Waals surface area contributed by atoms with Gasteiger partial charge in [0.1, 0.15) is 5.82 Å². The molecule has 0 atom stereocenters. The van der Waals surface area contributed by atoms with Gasteiger partial charge in [-0.15, -0.1) is 11.8 Å². The number of carbonyl (C=O) groups is 1. The van der Waals surface area contributed by atoms with Gasteiger partial charge in [0.2, 0.25) is 5.91 Å². The minimum Gasteiger partial charge on any atom is -0.399 e. The van der Waals surface area contributed by atoms with Crippen LogP contribution in [-0.4, -0.2) is 5.91 Å². The minimum atomic E-state index is -0.532. The molecule has 2 aromatic carbocycles. The fourth-order valence-electron chi connectivity index (χ4n) is 1.61. The highest BCUT2D eigenvalue weighted by molar-refractivity contribution is 7.98. The summed E-state index contributed by atoms with van der Waals surface area (Å²) in [5.41, 5.74) is 12.2. The van der Waals surface area contributed by atoms with Gasteiger partial charge in [-0.05, 0) is 35.9 Å². The van der Waals surface area contributed by atoms with Crippen LogP contribution in [0.2, 0.25) is 5.02 Å². The zero-order chi connectivity index (χ0) is 14.7. The Kier molecular flexibility index (Phi) is 4.52. The van der Waals surface area contributed by atoms with Crippen LogP contribution in [0.3, 0.4) is 0 Å². The molecule has 0 saturated carbocycles. The van der Waals surface area contributed by atoms with Crippen LogP contribution in [0, 0.1) is 5.82 Å². The molecule has 0 unspecified atom stereocenters. The Balaban J connectivity index is 2.13. The van der Waals surface area contributed by atoms with Crippen molar-refractivity contribution in [2.45, 2.75) is 10.6 Å². The molecule has 4 N–H and O–H groups in total. The Hall–Kier alpha value is -1.72. The van der Waals surface area contributed by atoms with Crippen LogP contribution >= 0.6 is 23.4 Å². The van der Waals surface area contributed by atoms with Gasteiger partial charge >= 0.3 is 0 Å². The summed E-state index contributed by atoms with van der Waals surface area (Å²) >= 11 is 7.38. The highest BCUT2D eigenvalue weighted by atomic mass is 35.5. The van der Waals surface area contributed by atoms with Gasteiger partial charge in [0, 0.05) is 26.9 Å². The summed E-state index contributed by atoms with van der Waals surface area (Å²) < 4.78 is 13.6. The lowest BCUT2D eigenvalue weighted by Gasteiger charge is -2.07. The van der Waals surface area contributed by atoms with E-state index in [2.05, 4.69) is 0 Å². The number of nitrogens with two attached hydrogens (primary N) is 2. The number of rotatable bonds is 4. The Morgan fingerprint density at radius 2 is 2.00 bits per heavy atom. The van der Waals surface area contributed by atoms with Crippen molar-refractivity contribution in [1.29, 1.82) is 0 Å². The summed E-state index contributed by atoms with van der Waals surface area (Å²) in [6, 6.07) is 9.37. The molecular weight excluding hydrogens is 299 g/mol. The molecule has 0 radical (unpaired) electrons. The van der Waals surface area contributed by atoms with Crippen LogP contribution in [0.4, 0.5) is 10.1 Å². The lowest BCUT2D eigenvalue weighted by Crippen LogP contribution is -2.10. The van der Waals surface area contributed by atoms with E-state index in [0.717, 1.165) is 5.56 Å². The number of hydrogen-bond donors (Lipinski definition) is 2. The number of nitrogen functional groups attached to an aromatic ring is 1. The minimum absolute atomic E-state index is 0.349. The molecule has 6 heteroatoms. The first-order valence-corrected chi connectivity index (χ1v) is 7.10. The largest absolute Gasteiger partial charge is 0.399 e. The predicted molar refractivity (Wildman–Crippen MR) is 80.3 cm³/mol. The third-order valence-electron chi connectivity index (χ3n) is 2.68. The van der Waals surface area contributed by atoms with Crippen LogP contribution in [0.25, 0.3) is 0 Å². The fourth-order valence-corrected chi connectivity index (χ4v) is 2.86. The lowest BCUT2D eigenvalue weighted by atomic mass is 10.1. The van der Waals surface area contributed by atoms with Crippen molar-refractivity contribution in [2.75, 3.05) is 5.73 Å². The van der Waals surface area contributed by atoms with Crippen LogP contribution in [0.5, 0.6) is 0 Å². The first-order valence-electron chi connectivity index (χ1n) is 5.73. The van der Waals surface area contributed by atoms with Gasteiger partial charge in [-0.2, -0.15) is 0 Å². The van der Waals surface area contributed by atoms with Gasteiger partial charge in [0.25, 0.3) is 0 Å². The van der Waals surface area contributed by atoms with Crippen LogP contribution in [0.15, 0.2) is 41.3 Å². The highest BCUT2D eigenvalue weighted by Gasteiger charge is 2.08. The quantitative estimate of drug-likeness (QED) is 0.671. The van der Waals surface area contributed by atoms with Crippen molar-refractivity contribution in [3.8, 4) is 0 Å². The maximum Gasteiger partial charge on any atom is 0.248 e. The normalized spacial score (nSPS) is 10.5. The van der Waals surface area contributed by atoms with Crippen LogP contribution < -0.4 is 11.5 Å². The molecule has 0 aliphatic heterocycles. The van der Waals surface area contributed by atoms with Crippen molar-refractivity contribution >= 4 is 35.0 Å². The van der Waals surface area contributed by atoms with Gasteiger partial charge < -0.3 is 11.5 Å². The smallest absolute Gasteiger partial charge is 0.248 e. The van der Waals surface area contributed by atoms with Crippen LogP contribution in [0.1, 0.15) is 15.9 Å². The van der Waals surface area contributed by atoms with Crippen molar-refractivity contribution in [1.82, 2.24) is 0 Å². The topological polar surface area (TPSA) is 69.1 Å². The van der Waals surface area contributed by atoms with Crippen molar-refractivity contribution < 1.29 is 9.18 Å². The number of amides is 1. The summed E-state index contributed by atoms with van der Waals surface area (Å²) in [6.45, 7) is 0. The zero-order valence-corrected chi connectivity index (χ0v) is 12.0. The van der Waals surface area contributed by atoms with Crippen molar-refractivity contribution in [3.63, 3.8) is 0 Å². The molecule has 2 aromatic rings. The van der Waals surface area contributed by atoms with E-state index >= 15 is 0 Å². The van der Waals surface area contributed by atoms with E-state index in [1.54, 1.807) is 24.3 Å². The molecular formula is C14H12ClFN2OS. The second-order valence-electron chi connectivity index (χ2n) is 4.15. The second kappa shape index (κ2) is 6.15. The first kappa shape index (κ1) is 14.7. The Morgan fingerprint density at radius 3 is 2.60 bits per heavy atom. The van der Waals surface area contributed by atoms with E-state index in [4.69, 9.17) is 23.1 Å². The monoisotopic (exact) mass is 310 g/mol. The molecule has 1 amide bonds. The highest BCUT2D eigenvalue weighted by Crippen LogP contribution is 2.29. The molecule has 0 saturated heterocycles. The molecule has 0 heterocycles. The van der Waals surface area contributed by atoms with E-state index < -0.39 is 5.91 Å². The lowest BCUT2D eigenvalue weighted by molar-refractivity contribution is 0.100. The number of primary amides is 1. The van der Waals surface area contributed by atoms with E-state index in [1.807, 2.05) is 0 Å². The summed E-state index contributed by atoms with van der Waals surface area (Å²) in [5.74, 6) is -0.408. The van der Waals surface area contributed by atoms with Gasteiger partial charge in [-0.1, -0.05) is 17.7 Å². The van der Waals surface area contributed by atoms with E-state index in [9.17, 15) is 9.18 Å². The number of anilines is 1. The van der Waals surface area contributed by atoms with E-state index in [-0.39, 0.29) is 5.82 Å². The third kappa shape index (κ3) is 3.43. The Labute approximate surface area is 125 Å². The molecule has 104 valence electrons. The van der Waals surface area contributed by atoms with E-state index in [0.29, 0.717) is 26.9 Å². The predicted octanol–water partition coefficient (Wildman–Crippen LogP) is 3.45. The van der Waals surface area contributed by atoms with E-state index in [1.165, 1.54) is 23.9 Å². The number of thioether (sulfide) groups is 1. The maximum absolute atomic E-state index is 13.6. The van der Waals surface area contributed by atoms with Gasteiger partial charge in [0.15, 0.2) is 0 Å².